The van der Waals surface area contributed by atoms with E-state index >= 15 is 0 Å². The van der Waals surface area contributed by atoms with Crippen LogP contribution in [0.1, 0.15) is 25.3 Å². The van der Waals surface area contributed by atoms with E-state index in [1.165, 1.54) is 48.8 Å². The summed E-state index contributed by atoms with van der Waals surface area (Å²) in [6, 6.07) is 15.4. The molecule has 1 aliphatic heterocycles. The van der Waals surface area contributed by atoms with Crippen molar-refractivity contribution in [3.63, 3.8) is 0 Å². The largest absolute Gasteiger partial charge is 0.316 e. The van der Waals surface area contributed by atoms with E-state index in [0.29, 0.717) is 0 Å². The molecule has 0 aliphatic carbocycles. The van der Waals surface area contributed by atoms with Gasteiger partial charge in [-0.15, -0.1) is 0 Å². The number of rotatable bonds is 6. The predicted molar refractivity (Wildman–Crippen MR) is 90.5 cm³/mol. The minimum absolute atomic E-state index is 0.825. The van der Waals surface area contributed by atoms with Crippen LogP contribution < -0.4 is 5.32 Å². The molecule has 2 aromatic carbocycles. The van der Waals surface area contributed by atoms with E-state index in [9.17, 15) is 0 Å². The fraction of sp³-hybridized carbons (Fsp3) is 0.474. The molecule has 1 heterocycles. The van der Waals surface area contributed by atoms with Gasteiger partial charge in [0.15, 0.2) is 0 Å². The summed E-state index contributed by atoms with van der Waals surface area (Å²) in [4.78, 5) is 2.61. The van der Waals surface area contributed by atoms with Gasteiger partial charge in [0.1, 0.15) is 0 Å². The Morgan fingerprint density at radius 3 is 2.90 bits per heavy atom. The van der Waals surface area contributed by atoms with Crippen LogP contribution in [-0.4, -0.2) is 31.1 Å². The van der Waals surface area contributed by atoms with Gasteiger partial charge in [-0.25, -0.2) is 0 Å². The van der Waals surface area contributed by atoms with Crippen molar-refractivity contribution in [3.05, 3.63) is 48.0 Å². The van der Waals surface area contributed by atoms with Crippen LogP contribution in [-0.2, 0) is 6.54 Å². The molecule has 0 aromatic heterocycles. The van der Waals surface area contributed by atoms with Gasteiger partial charge >= 0.3 is 0 Å². The van der Waals surface area contributed by atoms with Gasteiger partial charge in [-0.3, -0.25) is 4.90 Å². The van der Waals surface area contributed by atoms with E-state index in [1.807, 2.05) is 0 Å². The molecule has 1 atom stereocenters. The first-order chi connectivity index (χ1) is 10.4. The monoisotopic (exact) mass is 282 g/mol. The second-order valence-corrected chi connectivity index (χ2v) is 6.23. The Bertz CT molecular complexity index is 573. The second-order valence-electron chi connectivity index (χ2n) is 6.23. The molecule has 0 spiro atoms. The number of fused-ring (bicyclic) bond motifs is 1. The smallest absolute Gasteiger partial charge is 0.0240 e. The van der Waals surface area contributed by atoms with Gasteiger partial charge in [-0.1, -0.05) is 49.4 Å². The van der Waals surface area contributed by atoms with E-state index in [4.69, 9.17) is 0 Å². The third kappa shape index (κ3) is 3.63. The van der Waals surface area contributed by atoms with E-state index in [0.717, 1.165) is 19.0 Å². The molecular formula is C19H26N2. The highest BCUT2D eigenvalue weighted by atomic mass is 15.1. The standard InChI is InChI=1S/C19H26N2/c1-2-11-20-13-16-10-12-21(14-16)15-18-8-5-7-17-6-3-4-9-19(17)18/h3-9,16,20H,2,10-15H2,1H3. The lowest BCUT2D eigenvalue weighted by molar-refractivity contribution is 0.315. The van der Waals surface area contributed by atoms with Crippen LogP contribution >= 0.6 is 0 Å². The van der Waals surface area contributed by atoms with Gasteiger partial charge in [0.25, 0.3) is 0 Å². The maximum Gasteiger partial charge on any atom is 0.0240 e. The molecule has 1 fully saturated rings. The maximum absolute atomic E-state index is 3.56. The van der Waals surface area contributed by atoms with Crippen molar-refractivity contribution in [2.45, 2.75) is 26.3 Å². The summed E-state index contributed by atoms with van der Waals surface area (Å²) in [6.45, 7) is 8.13. The van der Waals surface area contributed by atoms with E-state index in [1.54, 1.807) is 0 Å². The average Bonchev–Trinajstić information content (AvgIpc) is 2.96. The molecule has 2 heteroatoms. The zero-order valence-electron chi connectivity index (χ0n) is 13.0. The highest BCUT2D eigenvalue weighted by Crippen LogP contribution is 2.23. The SMILES string of the molecule is CCCNCC1CCN(Cc2cccc3ccccc23)C1. The average molecular weight is 282 g/mol. The molecule has 21 heavy (non-hydrogen) atoms. The number of hydrogen-bond donors (Lipinski definition) is 1. The van der Waals surface area contributed by atoms with Crippen LogP contribution in [0.5, 0.6) is 0 Å². The highest BCUT2D eigenvalue weighted by molar-refractivity contribution is 5.85. The summed E-state index contributed by atoms with van der Waals surface area (Å²) in [7, 11) is 0. The number of benzene rings is 2. The van der Waals surface area contributed by atoms with E-state index < -0.39 is 0 Å². The zero-order chi connectivity index (χ0) is 14.5. The molecule has 1 saturated heterocycles. The van der Waals surface area contributed by atoms with Crippen molar-refractivity contribution in [1.29, 1.82) is 0 Å². The summed E-state index contributed by atoms with van der Waals surface area (Å²) in [5, 5.41) is 6.33. The fourth-order valence-electron chi connectivity index (χ4n) is 3.38. The molecule has 0 radical (unpaired) electrons. The molecule has 1 N–H and O–H groups in total. The summed E-state index contributed by atoms with van der Waals surface area (Å²) in [5.74, 6) is 0.825. The second kappa shape index (κ2) is 7.06. The molecule has 2 nitrogen and oxygen atoms in total. The van der Waals surface area contributed by atoms with Gasteiger partial charge in [0, 0.05) is 13.1 Å². The molecule has 112 valence electrons. The third-order valence-electron chi connectivity index (χ3n) is 4.50. The first kappa shape index (κ1) is 14.6. The van der Waals surface area contributed by atoms with Gasteiger partial charge < -0.3 is 5.32 Å². The van der Waals surface area contributed by atoms with E-state index in [-0.39, 0.29) is 0 Å². The highest BCUT2D eigenvalue weighted by Gasteiger charge is 2.22. The Morgan fingerprint density at radius 1 is 1.14 bits per heavy atom. The van der Waals surface area contributed by atoms with Gasteiger partial charge in [-0.05, 0) is 54.7 Å². The van der Waals surface area contributed by atoms with E-state index in [2.05, 4.69) is 59.6 Å². The quantitative estimate of drug-likeness (QED) is 0.813. The number of likely N-dealkylation sites (tertiary alicyclic amines) is 1. The van der Waals surface area contributed by atoms with Crippen LogP contribution in [0, 0.1) is 5.92 Å². The lowest BCUT2D eigenvalue weighted by Gasteiger charge is -2.17. The van der Waals surface area contributed by atoms with Crippen LogP contribution in [0.4, 0.5) is 0 Å². The molecule has 1 aliphatic rings. The molecule has 3 rings (SSSR count). The molecular weight excluding hydrogens is 256 g/mol. The molecule has 0 amide bonds. The Labute approximate surface area is 128 Å². The predicted octanol–water partition coefficient (Wildman–Crippen LogP) is 3.66. The number of nitrogens with zero attached hydrogens (tertiary/aromatic N) is 1. The van der Waals surface area contributed by atoms with Gasteiger partial charge in [-0.2, -0.15) is 0 Å². The van der Waals surface area contributed by atoms with Gasteiger partial charge in [0.2, 0.25) is 0 Å². The molecule has 0 bridgehead atoms. The van der Waals surface area contributed by atoms with Crippen LogP contribution in [0.2, 0.25) is 0 Å². The lowest BCUT2D eigenvalue weighted by atomic mass is 10.0. The van der Waals surface area contributed by atoms with Crippen molar-refractivity contribution in [2.24, 2.45) is 5.92 Å². The third-order valence-corrected chi connectivity index (χ3v) is 4.50. The molecule has 2 aromatic rings. The summed E-state index contributed by atoms with van der Waals surface area (Å²) in [6.07, 6.45) is 2.56. The summed E-state index contributed by atoms with van der Waals surface area (Å²) >= 11 is 0. The van der Waals surface area contributed by atoms with Gasteiger partial charge in [0.05, 0.1) is 0 Å². The Hall–Kier alpha value is -1.38. The number of nitrogens with one attached hydrogen (secondary N) is 1. The number of hydrogen-bond acceptors (Lipinski definition) is 2. The zero-order valence-corrected chi connectivity index (χ0v) is 13.0. The topological polar surface area (TPSA) is 15.3 Å². The van der Waals surface area contributed by atoms with Crippen LogP contribution in [0.15, 0.2) is 42.5 Å². The van der Waals surface area contributed by atoms with Crippen molar-refractivity contribution in [3.8, 4) is 0 Å². The Kier molecular flexibility index (Phi) is 4.89. The summed E-state index contributed by atoms with van der Waals surface area (Å²) in [5.41, 5.74) is 1.47. The Balaban J connectivity index is 1.62. The summed E-state index contributed by atoms with van der Waals surface area (Å²) < 4.78 is 0. The van der Waals surface area contributed by atoms with Crippen molar-refractivity contribution in [2.75, 3.05) is 26.2 Å². The first-order valence-corrected chi connectivity index (χ1v) is 8.26. The minimum atomic E-state index is 0.825. The van der Waals surface area contributed by atoms with Crippen molar-refractivity contribution < 1.29 is 0 Å². The lowest BCUT2D eigenvalue weighted by Crippen LogP contribution is -2.26. The van der Waals surface area contributed by atoms with Crippen molar-refractivity contribution in [1.82, 2.24) is 10.2 Å². The Morgan fingerprint density at radius 2 is 2.00 bits per heavy atom. The molecule has 1 unspecified atom stereocenters. The minimum Gasteiger partial charge on any atom is -0.316 e. The fourth-order valence-corrected chi connectivity index (χ4v) is 3.38. The van der Waals surface area contributed by atoms with Crippen LogP contribution in [0.25, 0.3) is 10.8 Å². The van der Waals surface area contributed by atoms with Crippen LogP contribution in [0.3, 0.4) is 0 Å². The van der Waals surface area contributed by atoms with Crippen molar-refractivity contribution >= 4 is 10.8 Å². The first-order valence-electron chi connectivity index (χ1n) is 8.26. The molecule has 0 saturated carbocycles. The normalized spacial score (nSPS) is 19.4. The maximum atomic E-state index is 3.56.